The topological polar surface area (TPSA) is 228 Å². The fourth-order valence-electron chi connectivity index (χ4n) is 1.85. The predicted octanol–water partition coefficient (Wildman–Crippen LogP) is -4.37. The predicted molar refractivity (Wildman–Crippen MR) is 96.3 cm³/mol. The highest BCUT2D eigenvalue weighted by atomic mass is 32.1. The number of aliphatic hydroxyl groups is 2. The summed E-state index contributed by atoms with van der Waals surface area (Å²) in [6.45, 7) is 0.410. The normalized spacial score (nSPS) is 16.0. The van der Waals surface area contributed by atoms with E-state index in [-0.39, 0.29) is 5.75 Å². The van der Waals surface area contributed by atoms with Crippen molar-refractivity contribution in [1.29, 1.82) is 0 Å². The van der Waals surface area contributed by atoms with Crippen LogP contribution in [0.4, 0.5) is 0 Å². The number of thiol groups is 1. The molecule has 0 aliphatic carbocycles. The third-order valence-corrected chi connectivity index (χ3v) is 3.77. The number of aliphatic carboxylic acids is 2. The first-order valence-corrected chi connectivity index (χ1v) is 8.58. The molecule has 0 radical (unpaired) electrons. The minimum atomic E-state index is -1.73. The van der Waals surface area contributed by atoms with Gasteiger partial charge in [-0.2, -0.15) is 12.6 Å². The van der Waals surface area contributed by atoms with Gasteiger partial charge in [0.05, 0.1) is 19.1 Å². The van der Waals surface area contributed by atoms with Gasteiger partial charge in [-0.15, -0.1) is 0 Å². The van der Waals surface area contributed by atoms with E-state index in [0.29, 0.717) is 0 Å². The van der Waals surface area contributed by atoms with E-state index in [4.69, 9.17) is 21.1 Å². The number of aliphatic hydroxyl groups excluding tert-OH is 2. The lowest BCUT2D eigenvalue weighted by Gasteiger charge is -2.24. The van der Waals surface area contributed by atoms with Crippen molar-refractivity contribution in [1.82, 2.24) is 16.0 Å². The Kier molecular flexibility index (Phi) is 11.1. The number of rotatable bonds is 12. The van der Waals surface area contributed by atoms with E-state index in [1.54, 1.807) is 0 Å². The average Bonchev–Trinajstić information content (AvgIpc) is 2.61. The summed E-state index contributed by atoms with van der Waals surface area (Å²) < 4.78 is 0. The third kappa shape index (κ3) is 8.51. The molecule has 0 fully saturated rings. The van der Waals surface area contributed by atoms with E-state index in [9.17, 15) is 29.1 Å². The first kappa shape index (κ1) is 25.6. The molecule has 0 aromatic rings. The van der Waals surface area contributed by atoms with Crippen molar-refractivity contribution in [3.63, 3.8) is 0 Å². The maximum atomic E-state index is 12.3. The molecule has 160 valence electrons. The van der Waals surface area contributed by atoms with Gasteiger partial charge in [0.15, 0.2) is 6.04 Å². The summed E-state index contributed by atoms with van der Waals surface area (Å²) >= 11 is 3.87. The molecule has 0 aliphatic heterocycles. The summed E-state index contributed by atoms with van der Waals surface area (Å²) in [4.78, 5) is 58.1. The Balaban J connectivity index is 5.26. The number of carboxylic acid groups (broad SMARTS) is 2. The van der Waals surface area contributed by atoms with E-state index in [1.165, 1.54) is 0 Å². The summed E-state index contributed by atoms with van der Waals surface area (Å²) in [6.07, 6.45) is -2.39. The van der Waals surface area contributed by atoms with Crippen LogP contribution in [0.15, 0.2) is 0 Å². The van der Waals surface area contributed by atoms with E-state index in [0.717, 1.165) is 6.92 Å². The minimum absolute atomic E-state index is 0.247. The summed E-state index contributed by atoms with van der Waals surface area (Å²) in [7, 11) is 0. The maximum absolute atomic E-state index is 12.3. The third-order valence-electron chi connectivity index (χ3n) is 3.41. The van der Waals surface area contributed by atoms with Gasteiger partial charge in [0, 0.05) is 5.75 Å². The first-order chi connectivity index (χ1) is 12.9. The highest BCUT2D eigenvalue weighted by Crippen LogP contribution is 2.00. The molecule has 14 heteroatoms. The minimum Gasteiger partial charge on any atom is -0.481 e. The Labute approximate surface area is 165 Å². The van der Waals surface area contributed by atoms with Crippen molar-refractivity contribution in [2.45, 2.75) is 43.6 Å². The average molecular weight is 424 g/mol. The van der Waals surface area contributed by atoms with Crippen molar-refractivity contribution < 1.29 is 44.4 Å². The molecule has 0 heterocycles. The van der Waals surface area contributed by atoms with Crippen LogP contribution in [0.2, 0.25) is 0 Å². The number of carbonyl (C=O) groups is 5. The molecule has 0 aliphatic rings. The van der Waals surface area contributed by atoms with Crippen LogP contribution in [0, 0.1) is 0 Å². The molecule has 0 spiro atoms. The molecule has 0 rings (SSSR count). The number of hydrogen-bond acceptors (Lipinski definition) is 9. The number of carbonyl (C=O) groups excluding carboxylic acids is 3. The van der Waals surface area contributed by atoms with Crippen LogP contribution in [0.25, 0.3) is 0 Å². The van der Waals surface area contributed by atoms with Crippen LogP contribution in [0.3, 0.4) is 0 Å². The fourth-order valence-corrected chi connectivity index (χ4v) is 2.11. The number of amides is 3. The number of hydrogen-bond donors (Lipinski definition) is 9. The Bertz CT molecular complexity index is 601. The van der Waals surface area contributed by atoms with Gasteiger partial charge in [0.25, 0.3) is 0 Å². The van der Waals surface area contributed by atoms with Crippen LogP contribution >= 0.6 is 12.6 Å². The van der Waals surface area contributed by atoms with Crippen LogP contribution in [-0.2, 0) is 24.0 Å². The van der Waals surface area contributed by atoms with Crippen molar-refractivity contribution in [2.24, 2.45) is 5.73 Å². The lowest BCUT2D eigenvalue weighted by Crippen LogP contribution is -2.59. The summed E-state index contributed by atoms with van der Waals surface area (Å²) in [5.41, 5.74) is 5.31. The van der Waals surface area contributed by atoms with Gasteiger partial charge >= 0.3 is 11.9 Å². The van der Waals surface area contributed by atoms with Crippen molar-refractivity contribution >= 4 is 42.3 Å². The van der Waals surface area contributed by atoms with E-state index in [1.807, 2.05) is 5.32 Å². The highest BCUT2D eigenvalue weighted by Gasteiger charge is 2.32. The number of nitrogens with one attached hydrogen (secondary N) is 3. The highest BCUT2D eigenvalue weighted by molar-refractivity contribution is 7.80. The zero-order chi connectivity index (χ0) is 22.0. The monoisotopic (exact) mass is 424 g/mol. The molecule has 5 atom stereocenters. The Morgan fingerprint density at radius 2 is 1.46 bits per heavy atom. The molecule has 0 saturated carbocycles. The second-order valence-corrected chi connectivity index (χ2v) is 6.12. The van der Waals surface area contributed by atoms with Gasteiger partial charge < -0.3 is 42.1 Å². The molecular formula is C14H24N4O9S. The Hall–Kier alpha value is -2.42. The number of carboxylic acids is 2. The summed E-state index contributed by atoms with van der Waals surface area (Å²) in [5, 5.41) is 42.3. The second-order valence-electron chi connectivity index (χ2n) is 5.76. The smallest absolute Gasteiger partial charge is 0.328 e. The van der Waals surface area contributed by atoms with Gasteiger partial charge in [-0.05, 0) is 6.92 Å². The zero-order valence-electron chi connectivity index (χ0n) is 14.9. The number of nitrogens with two attached hydrogens (primary N) is 1. The van der Waals surface area contributed by atoms with Crippen LogP contribution in [0.1, 0.15) is 13.3 Å². The van der Waals surface area contributed by atoms with Crippen molar-refractivity contribution in [2.75, 3.05) is 12.4 Å². The van der Waals surface area contributed by atoms with Gasteiger partial charge in [-0.25, -0.2) is 4.79 Å². The lowest BCUT2D eigenvalue weighted by molar-refractivity contribution is -0.146. The molecule has 28 heavy (non-hydrogen) atoms. The molecule has 0 aromatic carbocycles. The van der Waals surface area contributed by atoms with Gasteiger partial charge in [-0.3, -0.25) is 19.2 Å². The zero-order valence-corrected chi connectivity index (χ0v) is 15.8. The summed E-state index contributed by atoms with van der Waals surface area (Å²) in [5.74, 6) is -6.32. The van der Waals surface area contributed by atoms with Crippen LogP contribution in [0.5, 0.6) is 0 Å². The van der Waals surface area contributed by atoms with Crippen molar-refractivity contribution in [3.8, 4) is 0 Å². The molecule has 0 bridgehead atoms. The second kappa shape index (κ2) is 12.1. The van der Waals surface area contributed by atoms with Gasteiger partial charge in [-0.1, -0.05) is 0 Å². The van der Waals surface area contributed by atoms with Crippen molar-refractivity contribution in [3.05, 3.63) is 0 Å². The van der Waals surface area contributed by atoms with E-state index < -0.39 is 73.0 Å². The SMILES string of the molecule is CC(O)C(NC(=O)C(CC(=O)O)NC(=O)C(CS)NC(=O)C(N)CO)C(=O)O. The van der Waals surface area contributed by atoms with Crippen LogP contribution < -0.4 is 21.7 Å². The summed E-state index contributed by atoms with van der Waals surface area (Å²) in [6, 6.07) is -6.06. The first-order valence-electron chi connectivity index (χ1n) is 7.95. The van der Waals surface area contributed by atoms with Gasteiger partial charge in [0.1, 0.15) is 18.1 Å². The molecule has 3 amide bonds. The molecular weight excluding hydrogens is 400 g/mol. The largest absolute Gasteiger partial charge is 0.481 e. The standard InChI is InChI=1S/C14H24N4O9S/c1-5(20)10(14(26)27)18-12(24)7(2-9(21)22)16-13(25)8(4-28)17-11(23)6(15)3-19/h5-8,10,19-20,28H,2-4,15H2,1H3,(H,16,25)(H,17,23)(H,18,24)(H,21,22)(H,26,27). The van der Waals surface area contributed by atoms with Crippen LogP contribution in [-0.4, -0.2) is 92.7 Å². The van der Waals surface area contributed by atoms with E-state index in [2.05, 4.69) is 23.3 Å². The Morgan fingerprint density at radius 1 is 0.964 bits per heavy atom. The van der Waals surface area contributed by atoms with E-state index >= 15 is 0 Å². The Morgan fingerprint density at radius 3 is 1.86 bits per heavy atom. The fraction of sp³-hybridized carbons (Fsp3) is 0.643. The quantitative estimate of drug-likeness (QED) is 0.137. The maximum Gasteiger partial charge on any atom is 0.328 e. The molecule has 0 saturated heterocycles. The molecule has 0 aromatic heterocycles. The molecule has 9 N–H and O–H groups in total. The molecule has 5 unspecified atom stereocenters. The lowest BCUT2D eigenvalue weighted by atomic mass is 10.1. The van der Waals surface area contributed by atoms with Gasteiger partial charge in [0.2, 0.25) is 17.7 Å². The molecule has 13 nitrogen and oxygen atoms in total.